The molecule has 0 fully saturated rings. The molecule has 0 heterocycles. The minimum atomic E-state index is -0.844. The number of benzene rings is 3. The summed E-state index contributed by atoms with van der Waals surface area (Å²) >= 11 is 2.55. The number of alkyl carbamates (subject to hydrolysis) is 1. The summed E-state index contributed by atoms with van der Waals surface area (Å²) in [7, 11) is 0. The molecule has 0 spiro atoms. The zero-order valence-corrected chi connectivity index (χ0v) is 19.5. The molecule has 0 unspecified atom stereocenters. The van der Waals surface area contributed by atoms with Crippen LogP contribution in [0.4, 0.5) is 4.79 Å². The number of fused-ring (bicyclic) bond motifs is 3. The fraction of sp³-hybridized carbons (Fsp3) is 0.192. The third kappa shape index (κ3) is 5.51. The predicted octanol–water partition coefficient (Wildman–Crippen LogP) is 4.17. The van der Waals surface area contributed by atoms with Crippen LogP contribution in [0.25, 0.3) is 11.1 Å². The van der Waals surface area contributed by atoms with Crippen LogP contribution >= 0.6 is 0 Å². The molecular formula is C26H23N2O4Se. The molecule has 2 N–H and O–H groups in total. The maximum absolute atomic E-state index is 12.5. The first kappa shape index (κ1) is 22.8. The monoisotopic (exact) mass is 507 g/mol. The van der Waals surface area contributed by atoms with E-state index in [1.165, 1.54) is 0 Å². The fourth-order valence-corrected chi connectivity index (χ4v) is 4.25. The molecule has 0 bridgehead atoms. The number of esters is 1. The van der Waals surface area contributed by atoms with Crippen molar-refractivity contribution in [2.75, 3.05) is 6.61 Å². The van der Waals surface area contributed by atoms with Crippen molar-refractivity contribution in [1.82, 2.24) is 5.32 Å². The van der Waals surface area contributed by atoms with Gasteiger partial charge < -0.3 is 0 Å². The number of ether oxygens (including phenoxy) is 2. The molecule has 3 aromatic rings. The van der Waals surface area contributed by atoms with Crippen LogP contribution in [0.5, 0.6) is 0 Å². The molecule has 0 aliphatic heterocycles. The van der Waals surface area contributed by atoms with Crippen molar-refractivity contribution < 1.29 is 19.1 Å². The Kier molecular flexibility index (Phi) is 7.23. The van der Waals surface area contributed by atoms with Crippen LogP contribution in [0, 0.1) is 5.41 Å². The van der Waals surface area contributed by atoms with Gasteiger partial charge in [-0.05, 0) is 0 Å². The molecule has 3 aromatic carbocycles. The molecule has 7 heteroatoms. The van der Waals surface area contributed by atoms with Crippen molar-refractivity contribution >= 4 is 32.7 Å². The molecule has 0 saturated heterocycles. The van der Waals surface area contributed by atoms with Crippen molar-refractivity contribution in [2.24, 2.45) is 0 Å². The second-order valence-corrected chi connectivity index (χ2v) is 8.66. The van der Waals surface area contributed by atoms with E-state index in [2.05, 4.69) is 33.5 Å². The SMILES string of the molecule is N=C([Se])[C@H](CC(=O)OCc1ccccc1)NC(=O)OCC1c2ccccc2-c2ccccc21. The number of nitrogens with one attached hydrogen (secondary N) is 2. The van der Waals surface area contributed by atoms with Gasteiger partial charge >= 0.3 is 201 Å². The number of carbonyl (C=O) groups excluding carboxylic acids is 2. The number of carbonyl (C=O) groups is 2. The van der Waals surface area contributed by atoms with Gasteiger partial charge in [-0.25, -0.2) is 0 Å². The van der Waals surface area contributed by atoms with E-state index in [1.54, 1.807) is 0 Å². The Balaban J connectivity index is 1.33. The zero-order valence-electron chi connectivity index (χ0n) is 17.8. The van der Waals surface area contributed by atoms with Crippen molar-refractivity contribution in [3.05, 3.63) is 95.6 Å². The van der Waals surface area contributed by atoms with Crippen molar-refractivity contribution in [1.29, 1.82) is 5.41 Å². The van der Waals surface area contributed by atoms with Crippen LogP contribution < -0.4 is 5.32 Å². The first-order valence-electron chi connectivity index (χ1n) is 10.6. The third-order valence-corrected chi connectivity index (χ3v) is 6.16. The summed E-state index contributed by atoms with van der Waals surface area (Å²) in [5.74, 6) is -0.576. The molecule has 0 saturated carbocycles. The molecule has 1 atom stereocenters. The van der Waals surface area contributed by atoms with E-state index in [0.717, 1.165) is 27.8 Å². The van der Waals surface area contributed by atoms with E-state index in [9.17, 15) is 9.59 Å². The van der Waals surface area contributed by atoms with Crippen LogP contribution in [0.15, 0.2) is 78.9 Å². The third-order valence-electron chi connectivity index (χ3n) is 5.57. The number of hydrogen-bond donors (Lipinski definition) is 2. The van der Waals surface area contributed by atoms with Gasteiger partial charge in [0.1, 0.15) is 0 Å². The average molecular weight is 506 g/mol. The second-order valence-electron chi connectivity index (χ2n) is 7.74. The Morgan fingerprint density at radius 1 is 0.879 bits per heavy atom. The fourth-order valence-electron chi connectivity index (χ4n) is 3.96. The molecule has 1 radical (unpaired) electrons. The van der Waals surface area contributed by atoms with Crippen molar-refractivity contribution in [2.45, 2.75) is 25.0 Å². The summed E-state index contributed by atoms with van der Waals surface area (Å²) in [6.45, 7) is 0.296. The molecule has 1 amide bonds. The number of hydrogen-bond acceptors (Lipinski definition) is 5. The van der Waals surface area contributed by atoms with E-state index >= 15 is 0 Å². The standard InChI is InChI=1S/C26H23N2O4Se/c27-25(33)23(14-24(29)31-15-17-8-2-1-3-9-17)28-26(30)32-16-22-20-12-6-4-10-18(20)19-11-5-7-13-21(19)22/h1-13,22-23,27H,14-16H2,(H,28,30)/t23-/m0/s1. The Bertz CT molecular complexity index is 1120. The Morgan fingerprint density at radius 3 is 2.06 bits per heavy atom. The van der Waals surface area contributed by atoms with Gasteiger partial charge in [0.2, 0.25) is 0 Å². The molecule has 6 nitrogen and oxygen atoms in total. The average Bonchev–Trinajstić information content (AvgIpc) is 3.15. The van der Waals surface area contributed by atoms with Gasteiger partial charge in [0.05, 0.1) is 0 Å². The summed E-state index contributed by atoms with van der Waals surface area (Å²) in [5.41, 5.74) is 5.38. The van der Waals surface area contributed by atoms with Gasteiger partial charge in [-0.3, -0.25) is 0 Å². The van der Waals surface area contributed by atoms with Crippen molar-refractivity contribution in [3.63, 3.8) is 0 Å². The van der Waals surface area contributed by atoms with Gasteiger partial charge in [-0.1, -0.05) is 0 Å². The first-order valence-corrected chi connectivity index (χ1v) is 11.4. The molecule has 4 rings (SSSR count). The van der Waals surface area contributed by atoms with Crippen LogP contribution in [0.2, 0.25) is 0 Å². The Labute approximate surface area is 200 Å². The van der Waals surface area contributed by atoms with E-state index in [1.807, 2.05) is 66.7 Å². The minimum absolute atomic E-state index is 0.0279. The first-order chi connectivity index (χ1) is 16.0. The summed E-state index contributed by atoms with van der Waals surface area (Å²) in [4.78, 5) is 24.7. The normalized spacial score (nSPS) is 12.8. The van der Waals surface area contributed by atoms with Crippen LogP contribution in [0.3, 0.4) is 0 Å². The molecule has 1 aliphatic rings. The zero-order chi connectivity index (χ0) is 23.2. The molecule has 1 aliphatic carbocycles. The quantitative estimate of drug-likeness (QED) is 0.273. The van der Waals surface area contributed by atoms with Gasteiger partial charge in [0.15, 0.2) is 0 Å². The van der Waals surface area contributed by atoms with E-state index < -0.39 is 18.1 Å². The maximum atomic E-state index is 12.5. The molecule has 0 aromatic heterocycles. The molecule has 33 heavy (non-hydrogen) atoms. The second kappa shape index (κ2) is 10.5. The van der Waals surface area contributed by atoms with Crippen LogP contribution in [-0.2, 0) is 20.9 Å². The van der Waals surface area contributed by atoms with Crippen molar-refractivity contribution in [3.8, 4) is 11.1 Å². The summed E-state index contributed by atoms with van der Waals surface area (Å²) in [6.07, 6.45) is -0.846. The van der Waals surface area contributed by atoms with E-state index in [4.69, 9.17) is 14.9 Å². The number of rotatable bonds is 8. The van der Waals surface area contributed by atoms with Crippen LogP contribution in [0.1, 0.15) is 29.0 Å². The van der Waals surface area contributed by atoms with E-state index in [0.29, 0.717) is 0 Å². The van der Waals surface area contributed by atoms with Gasteiger partial charge in [-0.2, -0.15) is 0 Å². The summed E-state index contributed by atoms with van der Waals surface area (Å²) < 4.78 is 10.8. The van der Waals surface area contributed by atoms with Crippen LogP contribution in [-0.4, -0.2) is 45.3 Å². The van der Waals surface area contributed by atoms with Gasteiger partial charge in [0, 0.05) is 0 Å². The summed E-state index contributed by atoms with van der Waals surface area (Å²) in [6, 6.07) is 24.6. The van der Waals surface area contributed by atoms with Gasteiger partial charge in [-0.15, -0.1) is 0 Å². The van der Waals surface area contributed by atoms with Gasteiger partial charge in [0.25, 0.3) is 0 Å². The Morgan fingerprint density at radius 2 is 1.45 bits per heavy atom. The Hall–Kier alpha value is -3.41. The topological polar surface area (TPSA) is 88.5 Å². The molecule has 167 valence electrons. The number of amides is 1. The predicted molar refractivity (Wildman–Crippen MR) is 126 cm³/mol. The summed E-state index contributed by atoms with van der Waals surface area (Å²) in [5, 5.41) is 10.5. The van der Waals surface area contributed by atoms with E-state index in [-0.39, 0.29) is 30.2 Å². The molecular weight excluding hydrogens is 483 g/mol.